The van der Waals surface area contributed by atoms with Gasteiger partial charge in [-0.3, -0.25) is 4.79 Å². The number of nitrogens with two attached hydrogens (primary N) is 1. The number of benzene rings is 1. The lowest BCUT2D eigenvalue weighted by molar-refractivity contribution is 0.0778. The summed E-state index contributed by atoms with van der Waals surface area (Å²) in [6.07, 6.45) is 0.825. The number of amides is 1. The molecule has 1 amide bonds. The highest BCUT2D eigenvalue weighted by atomic mass is 19.1. The zero-order chi connectivity index (χ0) is 14.2. The molecule has 1 atom stereocenters. The number of nitrogen functional groups attached to an aromatic ring is 1. The van der Waals surface area contributed by atoms with Crippen LogP contribution < -0.4 is 5.73 Å². The van der Waals surface area contributed by atoms with E-state index in [4.69, 9.17) is 5.73 Å². The fraction of sp³-hybridized carbons (Fsp3) is 0.462. The summed E-state index contributed by atoms with van der Waals surface area (Å²) in [7, 11) is 3.86. The van der Waals surface area contributed by atoms with Crippen molar-refractivity contribution in [3.05, 3.63) is 29.3 Å². The van der Waals surface area contributed by atoms with Gasteiger partial charge in [-0.05, 0) is 32.6 Å². The molecule has 2 rings (SSSR count). The Morgan fingerprint density at radius 1 is 1.42 bits per heavy atom. The largest absolute Gasteiger partial charge is 0.396 e. The van der Waals surface area contributed by atoms with Gasteiger partial charge in [-0.2, -0.15) is 0 Å². The Balaban J connectivity index is 2.22. The number of carbonyl (C=O) groups is 1. The zero-order valence-corrected chi connectivity index (χ0v) is 11.0. The van der Waals surface area contributed by atoms with Crippen LogP contribution in [0.3, 0.4) is 0 Å². The summed E-state index contributed by atoms with van der Waals surface area (Å²) in [4.78, 5) is 15.7. The van der Waals surface area contributed by atoms with Crippen LogP contribution in [0.25, 0.3) is 0 Å². The van der Waals surface area contributed by atoms with Gasteiger partial charge in [0.2, 0.25) is 0 Å². The third-order valence-corrected chi connectivity index (χ3v) is 3.48. The fourth-order valence-electron chi connectivity index (χ4n) is 2.28. The number of rotatable bonds is 2. The molecule has 0 radical (unpaired) electrons. The molecule has 0 aromatic heterocycles. The lowest BCUT2D eigenvalue weighted by Crippen LogP contribution is -2.35. The van der Waals surface area contributed by atoms with Gasteiger partial charge in [-0.25, -0.2) is 8.78 Å². The summed E-state index contributed by atoms with van der Waals surface area (Å²) in [6, 6.07) is 2.02. The molecule has 1 aromatic rings. The molecule has 1 unspecified atom stereocenters. The summed E-state index contributed by atoms with van der Waals surface area (Å²) >= 11 is 0. The van der Waals surface area contributed by atoms with Gasteiger partial charge in [-0.15, -0.1) is 0 Å². The van der Waals surface area contributed by atoms with Crippen LogP contribution in [0.1, 0.15) is 16.8 Å². The number of hydrogen-bond acceptors (Lipinski definition) is 3. The van der Waals surface area contributed by atoms with Gasteiger partial charge in [0.25, 0.3) is 5.91 Å². The first kappa shape index (κ1) is 13.7. The minimum Gasteiger partial charge on any atom is -0.396 e. The predicted molar refractivity (Wildman–Crippen MR) is 68.8 cm³/mol. The molecule has 1 heterocycles. The average molecular weight is 269 g/mol. The topological polar surface area (TPSA) is 49.6 Å². The molecule has 6 heteroatoms. The Kier molecular flexibility index (Phi) is 3.71. The van der Waals surface area contributed by atoms with Gasteiger partial charge in [0.15, 0.2) is 5.82 Å². The highest BCUT2D eigenvalue weighted by Crippen LogP contribution is 2.22. The molecular weight excluding hydrogens is 252 g/mol. The van der Waals surface area contributed by atoms with Crippen molar-refractivity contribution < 1.29 is 13.6 Å². The summed E-state index contributed by atoms with van der Waals surface area (Å²) in [5.74, 6) is -2.06. The van der Waals surface area contributed by atoms with Crippen LogP contribution in [-0.4, -0.2) is 48.9 Å². The lowest BCUT2D eigenvalue weighted by atomic mass is 10.1. The van der Waals surface area contributed by atoms with Crippen LogP contribution >= 0.6 is 0 Å². The van der Waals surface area contributed by atoms with E-state index in [2.05, 4.69) is 0 Å². The second-order valence-electron chi connectivity index (χ2n) is 5.01. The molecule has 0 saturated carbocycles. The van der Waals surface area contributed by atoms with E-state index in [-0.39, 0.29) is 17.3 Å². The highest BCUT2D eigenvalue weighted by Gasteiger charge is 2.30. The quantitative estimate of drug-likeness (QED) is 0.824. The number of nitrogens with zero attached hydrogens (tertiary/aromatic N) is 2. The number of carbonyl (C=O) groups excluding carboxylic acids is 1. The van der Waals surface area contributed by atoms with Gasteiger partial charge in [0, 0.05) is 19.1 Å². The summed E-state index contributed by atoms with van der Waals surface area (Å²) in [5, 5.41) is 0. The van der Waals surface area contributed by atoms with Crippen molar-refractivity contribution in [2.45, 2.75) is 12.5 Å². The van der Waals surface area contributed by atoms with Crippen molar-refractivity contribution in [1.82, 2.24) is 9.80 Å². The molecule has 1 aliphatic heterocycles. The van der Waals surface area contributed by atoms with Crippen molar-refractivity contribution in [2.24, 2.45) is 0 Å². The maximum atomic E-state index is 13.8. The van der Waals surface area contributed by atoms with E-state index < -0.39 is 17.5 Å². The summed E-state index contributed by atoms with van der Waals surface area (Å²) in [5.41, 5.74) is 4.70. The predicted octanol–water partition coefficient (Wildman–Crippen LogP) is 1.32. The monoisotopic (exact) mass is 269 g/mol. The molecule has 0 bridgehead atoms. The molecule has 1 aromatic carbocycles. The standard InChI is InChI=1S/C13H17F2N3O/c1-17(2)9-3-4-18(7-9)13(19)10-5-8(14)6-11(16)12(10)15/h5-6,9H,3-4,7,16H2,1-2H3. The molecule has 104 valence electrons. The van der Waals surface area contributed by atoms with Crippen molar-refractivity contribution in [3.63, 3.8) is 0 Å². The van der Waals surface area contributed by atoms with Gasteiger partial charge >= 0.3 is 0 Å². The van der Waals surface area contributed by atoms with Gasteiger partial charge in [0.1, 0.15) is 5.82 Å². The molecule has 19 heavy (non-hydrogen) atoms. The normalized spacial score (nSPS) is 19.2. The zero-order valence-electron chi connectivity index (χ0n) is 11.0. The van der Waals surface area contributed by atoms with Gasteiger partial charge in [-0.1, -0.05) is 0 Å². The van der Waals surface area contributed by atoms with E-state index in [0.717, 1.165) is 18.6 Å². The third kappa shape index (κ3) is 2.68. The molecule has 1 fully saturated rings. The third-order valence-electron chi connectivity index (χ3n) is 3.48. The van der Waals surface area contributed by atoms with Crippen LogP contribution in [-0.2, 0) is 0 Å². The van der Waals surface area contributed by atoms with E-state index in [1.807, 2.05) is 19.0 Å². The molecule has 0 spiro atoms. The lowest BCUT2D eigenvalue weighted by Gasteiger charge is -2.20. The Labute approximate surface area is 110 Å². The van der Waals surface area contributed by atoms with Gasteiger partial charge in [0.05, 0.1) is 11.3 Å². The molecule has 1 saturated heterocycles. The number of anilines is 1. The van der Waals surface area contributed by atoms with Crippen molar-refractivity contribution in [1.29, 1.82) is 0 Å². The number of likely N-dealkylation sites (tertiary alicyclic amines) is 1. The summed E-state index contributed by atoms with van der Waals surface area (Å²) < 4.78 is 27.0. The van der Waals surface area contributed by atoms with Crippen molar-refractivity contribution in [2.75, 3.05) is 32.9 Å². The molecule has 1 aliphatic rings. The van der Waals surface area contributed by atoms with Crippen LogP contribution in [0.4, 0.5) is 14.5 Å². The average Bonchev–Trinajstić information content (AvgIpc) is 2.82. The minimum absolute atomic E-state index is 0.248. The van der Waals surface area contributed by atoms with Crippen LogP contribution in [0, 0.1) is 11.6 Å². The first-order chi connectivity index (χ1) is 8.90. The van der Waals surface area contributed by atoms with Gasteiger partial charge < -0.3 is 15.5 Å². The van der Waals surface area contributed by atoms with E-state index >= 15 is 0 Å². The smallest absolute Gasteiger partial charge is 0.257 e. The van der Waals surface area contributed by atoms with Crippen LogP contribution in [0.15, 0.2) is 12.1 Å². The Bertz CT molecular complexity index is 505. The highest BCUT2D eigenvalue weighted by molar-refractivity contribution is 5.95. The van der Waals surface area contributed by atoms with E-state index in [1.54, 1.807) is 0 Å². The fourth-order valence-corrected chi connectivity index (χ4v) is 2.28. The second kappa shape index (κ2) is 5.13. The van der Waals surface area contributed by atoms with E-state index in [9.17, 15) is 13.6 Å². The van der Waals surface area contributed by atoms with Crippen LogP contribution in [0.2, 0.25) is 0 Å². The maximum Gasteiger partial charge on any atom is 0.257 e. The van der Waals surface area contributed by atoms with E-state index in [1.165, 1.54) is 4.90 Å². The Morgan fingerprint density at radius 2 is 2.11 bits per heavy atom. The molecule has 4 nitrogen and oxygen atoms in total. The Morgan fingerprint density at radius 3 is 2.68 bits per heavy atom. The minimum atomic E-state index is -0.847. The van der Waals surface area contributed by atoms with E-state index in [0.29, 0.717) is 13.1 Å². The molecule has 0 aliphatic carbocycles. The number of halogens is 2. The Hall–Kier alpha value is -1.69. The first-order valence-corrected chi connectivity index (χ1v) is 6.10. The maximum absolute atomic E-state index is 13.8. The summed E-state index contributed by atoms with van der Waals surface area (Å²) in [6.45, 7) is 1.05. The van der Waals surface area contributed by atoms with Crippen molar-refractivity contribution in [3.8, 4) is 0 Å². The number of likely N-dealkylation sites (N-methyl/N-ethyl adjacent to an activating group) is 1. The first-order valence-electron chi connectivity index (χ1n) is 6.10. The second-order valence-corrected chi connectivity index (χ2v) is 5.01. The van der Waals surface area contributed by atoms with Crippen molar-refractivity contribution >= 4 is 11.6 Å². The van der Waals surface area contributed by atoms with Crippen LogP contribution in [0.5, 0.6) is 0 Å². The molecular formula is C13H17F2N3O. The molecule has 2 N–H and O–H groups in total. The number of hydrogen-bond donors (Lipinski definition) is 1. The SMILES string of the molecule is CN(C)C1CCN(C(=O)c2cc(F)cc(N)c2F)C1.